The minimum Gasteiger partial charge on any atom is -0.309 e. The van der Waals surface area contributed by atoms with E-state index in [4.69, 9.17) is 0 Å². The van der Waals surface area contributed by atoms with Gasteiger partial charge in [-0.15, -0.1) is 11.3 Å². The van der Waals surface area contributed by atoms with Crippen LogP contribution in [0.15, 0.2) is 11.7 Å². The fraction of sp³-hybridized carbons (Fsp3) is 0.667. The average molecular weight is 214 g/mol. The Balaban J connectivity index is 1.72. The molecule has 13 heavy (non-hydrogen) atoms. The minimum atomic E-state index is 0.739. The Hall–Kier alpha value is -0.0600. The van der Waals surface area contributed by atoms with Crippen molar-refractivity contribution in [2.45, 2.75) is 25.4 Å². The van der Waals surface area contributed by atoms with Crippen LogP contribution in [0.25, 0.3) is 0 Å². The highest BCUT2D eigenvalue weighted by molar-refractivity contribution is 7.99. The van der Waals surface area contributed by atoms with Gasteiger partial charge in [0.25, 0.3) is 0 Å². The van der Waals surface area contributed by atoms with Gasteiger partial charge >= 0.3 is 0 Å². The Morgan fingerprint density at radius 3 is 3.00 bits per heavy atom. The lowest BCUT2D eigenvalue weighted by molar-refractivity contribution is 0.484. The zero-order chi connectivity index (χ0) is 8.93. The van der Waals surface area contributed by atoms with Crippen molar-refractivity contribution in [1.82, 2.24) is 10.3 Å². The van der Waals surface area contributed by atoms with Crippen LogP contribution in [0.3, 0.4) is 0 Å². The fourth-order valence-electron chi connectivity index (χ4n) is 1.48. The molecule has 0 radical (unpaired) electrons. The normalized spacial score (nSPS) is 19.1. The lowest BCUT2D eigenvalue weighted by Gasteiger charge is -2.22. The highest BCUT2D eigenvalue weighted by Crippen LogP contribution is 2.17. The van der Waals surface area contributed by atoms with Gasteiger partial charge in [-0.3, -0.25) is 4.98 Å². The predicted octanol–water partition coefficient (Wildman–Crippen LogP) is 2.13. The first-order valence-corrected chi connectivity index (χ1v) is 6.67. The third-order valence-corrected chi connectivity index (χ3v) is 4.10. The van der Waals surface area contributed by atoms with Gasteiger partial charge in [0.05, 0.1) is 5.51 Å². The molecular formula is C9H14N2S2. The lowest BCUT2D eigenvalue weighted by Crippen LogP contribution is -2.31. The third-order valence-electron chi connectivity index (χ3n) is 2.27. The second-order valence-corrected chi connectivity index (χ2v) is 5.43. The molecule has 1 aromatic heterocycles. The zero-order valence-electron chi connectivity index (χ0n) is 7.53. The van der Waals surface area contributed by atoms with Crippen LogP contribution in [0, 0.1) is 0 Å². The maximum Gasteiger partial charge on any atom is 0.0794 e. The smallest absolute Gasteiger partial charge is 0.0794 e. The largest absolute Gasteiger partial charge is 0.309 e. The molecule has 1 fully saturated rings. The van der Waals surface area contributed by atoms with Crippen molar-refractivity contribution in [2.24, 2.45) is 0 Å². The van der Waals surface area contributed by atoms with Gasteiger partial charge in [0, 0.05) is 23.7 Å². The van der Waals surface area contributed by atoms with E-state index in [1.807, 2.05) is 11.7 Å². The van der Waals surface area contributed by atoms with Gasteiger partial charge in [-0.05, 0) is 24.3 Å². The van der Waals surface area contributed by atoms with Gasteiger partial charge in [0.15, 0.2) is 0 Å². The van der Waals surface area contributed by atoms with Gasteiger partial charge < -0.3 is 5.32 Å². The maximum absolute atomic E-state index is 4.06. The number of thioether (sulfide) groups is 1. The van der Waals surface area contributed by atoms with E-state index in [0.29, 0.717) is 0 Å². The molecule has 0 aromatic carbocycles. The quantitative estimate of drug-likeness (QED) is 0.834. The van der Waals surface area contributed by atoms with E-state index >= 15 is 0 Å². The summed E-state index contributed by atoms with van der Waals surface area (Å²) in [5.74, 6) is 2.64. The average Bonchev–Trinajstić information content (AvgIpc) is 2.69. The van der Waals surface area contributed by atoms with Crippen molar-refractivity contribution in [3.05, 3.63) is 16.6 Å². The Kier molecular flexibility index (Phi) is 3.64. The summed E-state index contributed by atoms with van der Waals surface area (Å²) in [6.45, 7) is 1.00. The molecule has 72 valence electrons. The number of hydrogen-bond donors (Lipinski definition) is 1. The lowest BCUT2D eigenvalue weighted by atomic mass is 10.1. The monoisotopic (exact) mass is 214 g/mol. The minimum absolute atomic E-state index is 0.739. The van der Waals surface area contributed by atoms with E-state index in [2.05, 4.69) is 22.1 Å². The molecular weight excluding hydrogens is 200 g/mol. The summed E-state index contributed by atoms with van der Waals surface area (Å²) in [7, 11) is 0. The standard InChI is InChI=1S/C9H14N2S2/c1-3-12-4-2-8(1)11-6-9-5-10-7-13-9/h5,7-8,11H,1-4,6H2. The highest BCUT2D eigenvalue weighted by atomic mass is 32.2. The van der Waals surface area contributed by atoms with Gasteiger partial charge in [-0.25, -0.2) is 0 Å². The molecule has 0 unspecified atom stereocenters. The SMILES string of the molecule is c1ncc(CNC2CCSCC2)s1. The fourth-order valence-corrected chi connectivity index (χ4v) is 3.13. The summed E-state index contributed by atoms with van der Waals surface area (Å²) in [5, 5.41) is 3.58. The molecule has 0 amide bonds. The maximum atomic E-state index is 4.06. The zero-order valence-corrected chi connectivity index (χ0v) is 9.16. The molecule has 0 bridgehead atoms. The number of aromatic nitrogens is 1. The molecule has 4 heteroatoms. The second-order valence-electron chi connectivity index (χ2n) is 3.24. The Bertz CT molecular complexity index is 230. The summed E-state index contributed by atoms with van der Waals surface area (Å²) in [4.78, 5) is 5.41. The van der Waals surface area contributed by atoms with Crippen LogP contribution in [-0.2, 0) is 6.54 Å². The predicted molar refractivity (Wildman–Crippen MR) is 59.3 cm³/mol. The van der Waals surface area contributed by atoms with Crippen LogP contribution in [0.5, 0.6) is 0 Å². The third kappa shape index (κ3) is 2.97. The van der Waals surface area contributed by atoms with E-state index in [-0.39, 0.29) is 0 Å². The summed E-state index contributed by atoms with van der Waals surface area (Å²) in [6.07, 6.45) is 4.60. The summed E-state index contributed by atoms with van der Waals surface area (Å²) < 4.78 is 0. The molecule has 0 spiro atoms. The molecule has 1 aliphatic heterocycles. The summed E-state index contributed by atoms with van der Waals surface area (Å²) in [5.41, 5.74) is 1.90. The van der Waals surface area contributed by atoms with Crippen LogP contribution in [0.4, 0.5) is 0 Å². The van der Waals surface area contributed by atoms with E-state index in [1.54, 1.807) is 11.3 Å². The van der Waals surface area contributed by atoms with E-state index < -0.39 is 0 Å². The first-order chi connectivity index (χ1) is 6.45. The summed E-state index contributed by atoms with van der Waals surface area (Å²) in [6, 6.07) is 0.739. The molecule has 1 aliphatic rings. The first kappa shape index (κ1) is 9.49. The van der Waals surface area contributed by atoms with Crippen molar-refractivity contribution < 1.29 is 0 Å². The number of nitrogens with one attached hydrogen (secondary N) is 1. The molecule has 1 N–H and O–H groups in total. The van der Waals surface area contributed by atoms with Crippen LogP contribution >= 0.6 is 23.1 Å². The Labute approximate surface area is 87.1 Å². The van der Waals surface area contributed by atoms with Gasteiger partial charge in [-0.1, -0.05) is 0 Å². The van der Waals surface area contributed by atoms with Crippen molar-refractivity contribution in [3.8, 4) is 0 Å². The van der Waals surface area contributed by atoms with Crippen molar-refractivity contribution in [2.75, 3.05) is 11.5 Å². The topological polar surface area (TPSA) is 24.9 Å². The van der Waals surface area contributed by atoms with E-state index in [9.17, 15) is 0 Å². The molecule has 2 heterocycles. The van der Waals surface area contributed by atoms with Gasteiger partial charge in [-0.2, -0.15) is 11.8 Å². The molecule has 1 saturated heterocycles. The molecule has 0 saturated carbocycles. The molecule has 2 nitrogen and oxygen atoms in total. The van der Waals surface area contributed by atoms with Crippen molar-refractivity contribution >= 4 is 23.1 Å². The first-order valence-electron chi connectivity index (χ1n) is 4.63. The number of hydrogen-bond acceptors (Lipinski definition) is 4. The van der Waals surface area contributed by atoms with Gasteiger partial charge in [0.1, 0.15) is 0 Å². The van der Waals surface area contributed by atoms with Crippen LogP contribution < -0.4 is 5.32 Å². The van der Waals surface area contributed by atoms with Crippen LogP contribution in [-0.4, -0.2) is 22.5 Å². The highest BCUT2D eigenvalue weighted by Gasteiger charge is 2.12. The molecule has 0 atom stereocenters. The Morgan fingerprint density at radius 1 is 1.46 bits per heavy atom. The van der Waals surface area contributed by atoms with E-state index in [0.717, 1.165) is 12.6 Å². The van der Waals surface area contributed by atoms with Crippen molar-refractivity contribution in [3.63, 3.8) is 0 Å². The van der Waals surface area contributed by atoms with Crippen LogP contribution in [0.2, 0.25) is 0 Å². The molecule has 0 aliphatic carbocycles. The molecule has 1 aromatic rings. The Morgan fingerprint density at radius 2 is 2.31 bits per heavy atom. The van der Waals surface area contributed by atoms with Crippen LogP contribution in [0.1, 0.15) is 17.7 Å². The number of nitrogens with zero attached hydrogens (tertiary/aromatic N) is 1. The summed E-state index contributed by atoms with van der Waals surface area (Å²) >= 11 is 3.80. The second kappa shape index (κ2) is 4.98. The molecule has 2 rings (SSSR count). The van der Waals surface area contributed by atoms with Gasteiger partial charge in [0.2, 0.25) is 0 Å². The van der Waals surface area contributed by atoms with E-state index in [1.165, 1.54) is 29.2 Å². The van der Waals surface area contributed by atoms with Crippen molar-refractivity contribution in [1.29, 1.82) is 0 Å². The number of rotatable bonds is 3. The number of thiazole rings is 1.